The van der Waals surface area contributed by atoms with Gasteiger partial charge in [-0.25, -0.2) is 8.42 Å². The largest absolute Gasteiger partial charge is 0.495 e. The van der Waals surface area contributed by atoms with Gasteiger partial charge < -0.3 is 9.64 Å². The predicted molar refractivity (Wildman–Crippen MR) is 108 cm³/mol. The number of nitro groups is 1. The van der Waals surface area contributed by atoms with Crippen molar-refractivity contribution in [3.05, 3.63) is 52.6 Å². The molecule has 2 aromatic rings. The number of hydrogen-bond donors (Lipinski definition) is 1. The van der Waals surface area contributed by atoms with E-state index in [4.69, 9.17) is 4.74 Å². The topological polar surface area (TPSA) is 102 Å². The van der Waals surface area contributed by atoms with Crippen LogP contribution >= 0.6 is 0 Å². The van der Waals surface area contributed by atoms with Crippen LogP contribution in [0.2, 0.25) is 0 Å². The van der Waals surface area contributed by atoms with Crippen molar-refractivity contribution in [1.29, 1.82) is 0 Å². The lowest BCUT2D eigenvalue weighted by molar-refractivity contribution is -0.385. The summed E-state index contributed by atoms with van der Waals surface area (Å²) >= 11 is 0. The first kappa shape index (κ1) is 19.9. The van der Waals surface area contributed by atoms with Gasteiger partial charge in [0.05, 0.1) is 18.1 Å². The summed E-state index contributed by atoms with van der Waals surface area (Å²) in [6, 6.07) is 10.6. The zero-order valence-electron chi connectivity index (χ0n) is 15.8. The molecule has 1 fully saturated rings. The number of methoxy groups -OCH3 is 1. The minimum atomic E-state index is -3.95. The van der Waals surface area contributed by atoms with Crippen molar-refractivity contribution in [2.24, 2.45) is 5.92 Å². The molecule has 1 saturated heterocycles. The molecule has 1 aliphatic heterocycles. The Balaban J connectivity index is 1.78. The van der Waals surface area contributed by atoms with Crippen LogP contribution < -0.4 is 14.4 Å². The SMILES string of the molecule is COc1cc([N+](=O)[O-])ccc1S(=O)(=O)Nc1ccc(N2CCC(C)CC2)cc1. The van der Waals surface area contributed by atoms with E-state index in [-0.39, 0.29) is 16.3 Å². The molecule has 1 N–H and O–H groups in total. The third-order valence-electron chi connectivity index (χ3n) is 4.92. The Kier molecular flexibility index (Phi) is 5.73. The van der Waals surface area contributed by atoms with E-state index in [1.54, 1.807) is 12.1 Å². The van der Waals surface area contributed by atoms with E-state index in [9.17, 15) is 18.5 Å². The van der Waals surface area contributed by atoms with Gasteiger partial charge >= 0.3 is 0 Å². The molecule has 0 saturated carbocycles. The molecule has 9 heteroatoms. The van der Waals surface area contributed by atoms with Gasteiger partial charge in [-0.15, -0.1) is 0 Å². The second-order valence-electron chi connectivity index (χ2n) is 6.91. The standard InChI is InChI=1S/C19H23N3O5S/c1-14-9-11-21(12-10-14)16-5-3-15(4-6-16)20-28(25,26)19-8-7-17(22(23)24)13-18(19)27-2/h3-8,13-14,20H,9-12H2,1-2H3. The summed E-state index contributed by atoms with van der Waals surface area (Å²) < 4.78 is 33.0. The molecule has 1 aliphatic rings. The Labute approximate surface area is 164 Å². The predicted octanol–water partition coefficient (Wildman–Crippen LogP) is 3.64. The first-order valence-electron chi connectivity index (χ1n) is 9.00. The van der Waals surface area contributed by atoms with Gasteiger partial charge in [0, 0.05) is 30.5 Å². The third kappa shape index (κ3) is 4.36. The van der Waals surface area contributed by atoms with E-state index in [0.717, 1.165) is 49.7 Å². The maximum Gasteiger partial charge on any atom is 0.273 e. The number of nitrogens with one attached hydrogen (secondary N) is 1. The van der Waals surface area contributed by atoms with Gasteiger partial charge in [0.2, 0.25) is 0 Å². The highest BCUT2D eigenvalue weighted by molar-refractivity contribution is 7.92. The number of non-ortho nitro benzene ring substituents is 1. The summed E-state index contributed by atoms with van der Waals surface area (Å²) in [5.74, 6) is 0.653. The van der Waals surface area contributed by atoms with E-state index >= 15 is 0 Å². The molecule has 8 nitrogen and oxygen atoms in total. The van der Waals surface area contributed by atoms with E-state index in [1.807, 2.05) is 12.1 Å². The Bertz CT molecular complexity index is 952. The van der Waals surface area contributed by atoms with Gasteiger partial charge in [-0.1, -0.05) is 6.92 Å². The maximum absolute atomic E-state index is 12.7. The van der Waals surface area contributed by atoms with Crippen LogP contribution in [0.1, 0.15) is 19.8 Å². The minimum Gasteiger partial charge on any atom is -0.495 e. The molecule has 0 bridgehead atoms. The molecule has 1 heterocycles. The van der Waals surface area contributed by atoms with Crippen molar-refractivity contribution < 1.29 is 18.1 Å². The molecule has 3 rings (SSSR count). The average molecular weight is 405 g/mol. The molecule has 0 aliphatic carbocycles. The van der Waals surface area contributed by atoms with Crippen LogP contribution in [0.15, 0.2) is 47.4 Å². The number of sulfonamides is 1. The highest BCUT2D eigenvalue weighted by atomic mass is 32.2. The summed E-state index contributed by atoms with van der Waals surface area (Å²) in [5.41, 5.74) is 1.23. The van der Waals surface area contributed by atoms with Crippen LogP contribution in [0.5, 0.6) is 5.75 Å². The number of piperidine rings is 1. The van der Waals surface area contributed by atoms with Gasteiger partial charge in [-0.3, -0.25) is 14.8 Å². The quantitative estimate of drug-likeness (QED) is 0.581. The summed E-state index contributed by atoms with van der Waals surface area (Å²) in [5, 5.41) is 10.9. The minimum absolute atomic E-state index is 0.0826. The van der Waals surface area contributed by atoms with Crippen molar-refractivity contribution in [3.63, 3.8) is 0 Å². The van der Waals surface area contributed by atoms with Crippen molar-refractivity contribution >= 4 is 27.1 Å². The lowest BCUT2D eigenvalue weighted by atomic mass is 9.99. The number of nitrogens with zero attached hydrogens (tertiary/aromatic N) is 2. The van der Waals surface area contributed by atoms with Crippen LogP contribution in [0.3, 0.4) is 0 Å². The number of hydrogen-bond acceptors (Lipinski definition) is 6. The van der Waals surface area contributed by atoms with Crippen LogP contribution in [0.25, 0.3) is 0 Å². The molecule has 0 amide bonds. The fourth-order valence-corrected chi connectivity index (χ4v) is 4.42. The smallest absolute Gasteiger partial charge is 0.273 e. The Morgan fingerprint density at radius 1 is 1.14 bits per heavy atom. The molecule has 0 unspecified atom stereocenters. The van der Waals surface area contributed by atoms with Gasteiger partial charge in [-0.2, -0.15) is 0 Å². The number of rotatable bonds is 6. The van der Waals surface area contributed by atoms with Crippen molar-refractivity contribution in [2.75, 3.05) is 29.8 Å². The molecular formula is C19H23N3O5S. The van der Waals surface area contributed by atoms with Crippen LogP contribution in [0.4, 0.5) is 17.1 Å². The number of nitro benzene ring substituents is 1. The van der Waals surface area contributed by atoms with Crippen molar-refractivity contribution in [3.8, 4) is 5.75 Å². The van der Waals surface area contributed by atoms with E-state index in [2.05, 4.69) is 16.5 Å². The third-order valence-corrected chi connectivity index (χ3v) is 6.34. The monoisotopic (exact) mass is 405 g/mol. The van der Waals surface area contributed by atoms with E-state index in [0.29, 0.717) is 5.69 Å². The molecule has 2 aromatic carbocycles. The van der Waals surface area contributed by atoms with Gasteiger partial charge in [0.15, 0.2) is 0 Å². The second-order valence-corrected chi connectivity index (χ2v) is 8.57. The number of benzene rings is 2. The highest BCUT2D eigenvalue weighted by Crippen LogP contribution is 2.30. The summed E-state index contributed by atoms with van der Waals surface area (Å²) in [6.45, 7) is 4.24. The first-order valence-corrected chi connectivity index (χ1v) is 10.5. The molecule has 28 heavy (non-hydrogen) atoms. The Morgan fingerprint density at radius 2 is 1.79 bits per heavy atom. The van der Waals surface area contributed by atoms with Crippen LogP contribution in [-0.4, -0.2) is 33.5 Å². The maximum atomic E-state index is 12.7. The summed E-state index contributed by atoms with van der Waals surface area (Å²) in [7, 11) is -2.68. The summed E-state index contributed by atoms with van der Waals surface area (Å²) in [6.07, 6.45) is 2.29. The molecule has 0 spiro atoms. The lowest BCUT2D eigenvalue weighted by Crippen LogP contribution is -2.32. The molecule has 0 aromatic heterocycles. The second kappa shape index (κ2) is 8.05. The van der Waals surface area contributed by atoms with Crippen LogP contribution in [-0.2, 0) is 10.0 Å². The zero-order chi connectivity index (χ0) is 20.3. The molecule has 0 radical (unpaired) electrons. The first-order chi connectivity index (χ1) is 13.3. The van der Waals surface area contributed by atoms with Gasteiger partial charge in [0.1, 0.15) is 10.6 Å². The summed E-state index contributed by atoms with van der Waals surface area (Å²) in [4.78, 5) is 12.4. The van der Waals surface area contributed by atoms with E-state index < -0.39 is 14.9 Å². The fourth-order valence-electron chi connectivity index (χ4n) is 3.21. The zero-order valence-corrected chi connectivity index (χ0v) is 16.6. The van der Waals surface area contributed by atoms with Gasteiger partial charge in [0.25, 0.3) is 15.7 Å². The fraction of sp³-hybridized carbons (Fsp3) is 0.368. The lowest BCUT2D eigenvalue weighted by Gasteiger charge is -2.32. The Morgan fingerprint density at radius 3 is 2.36 bits per heavy atom. The normalized spacial score (nSPS) is 15.3. The molecule has 150 valence electrons. The van der Waals surface area contributed by atoms with Crippen LogP contribution in [0, 0.1) is 16.0 Å². The van der Waals surface area contributed by atoms with Crippen molar-refractivity contribution in [2.45, 2.75) is 24.7 Å². The van der Waals surface area contributed by atoms with E-state index in [1.165, 1.54) is 13.2 Å². The highest BCUT2D eigenvalue weighted by Gasteiger charge is 2.23. The van der Waals surface area contributed by atoms with Gasteiger partial charge in [-0.05, 0) is 49.1 Å². The average Bonchev–Trinajstić information content (AvgIpc) is 2.68. The molecular weight excluding hydrogens is 382 g/mol. The number of ether oxygens (including phenoxy) is 1. The van der Waals surface area contributed by atoms with Crippen molar-refractivity contribution in [1.82, 2.24) is 0 Å². The number of anilines is 2. The molecule has 0 atom stereocenters. The Hall–Kier alpha value is -2.81.